The second-order valence-corrected chi connectivity index (χ2v) is 6.06. The van der Waals surface area contributed by atoms with Crippen molar-refractivity contribution in [3.05, 3.63) is 42.0 Å². The molecule has 2 aromatic rings. The Kier molecular flexibility index (Phi) is 4.92. The Bertz CT molecular complexity index is 686. The number of ether oxygens (including phenoxy) is 1. The third kappa shape index (κ3) is 4.02. The van der Waals surface area contributed by atoms with Gasteiger partial charge in [-0.25, -0.2) is 17.5 Å². The van der Waals surface area contributed by atoms with Gasteiger partial charge in [-0.2, -0.15) is 0 Å². The monoisotopic (exact) mass is 314 g/mol. The lowest BCUT2D eigenvalue weighted by Crippen LogP contribution is -2.25. The molecule has 0 aliphatic rings. The minimum Gasteiger partial charge on any atom is -0.495 e. The lowest BCUT2D eigenvalue weighted by molar-refractivity contribution is 0.400. The number of rotatable bonds is 7. The summed E-state index contributed by atoms with van der Waals surface area (Å²) < 4.78 is 49.5. The molecule has 0 saturated heterocycles. The molecule has 21 heavy (non-hydrogen) atoms. The molecule has 0 bridgehead atoms. The van der Waals surface area contributed by atoms with Crippen LogP contribution in [-0.2, 0) is 16.4 Å². The van der Waals surface area contributed by atoms with E-state index in [1.54, 1.807) is 6.20 Å². The van der Waals surface area contributed by atoms with Crippen molar-refractivity contribution < 1.29 is 22.1 Å². The summed E-state index contributed by atoms with van der Waals surface area (Å²) in [6.07, 6.45) is 4.28. The van der Waals surface area contributed by atoms with Crippen LogP contribution >= 0.6 is 0 Å². The second-order valence-electron chi connectivity index (χ2n) is 4.33. The number of nitrogens with one attached hydrogen (secondary N) is 1. The Balaban J connectivity index is 1.99. The van der Waals surface area contributed by atoms with Gasteiger partial charge >= 0.3 is 0 Å². The molecule has 1 aromatic carbocycles. The average Bonchev–Trinajstić information content (AvgIpc) is 2.97. The first-order valence-electron chi connectivity index (χ1n) is 6.24. The van der Waals surface area contributed by atoms with E-state index in [9.17, 15) is 12.8 Å². The first-order chi connectivity index (χ1) is 10.0. The Labute approximate surface area is 122 Å². The smallest absolute Gasteiger partial charge is 0.244 e. The number of methoxy groups -OCH3 is 1. The van der Waals surface area contributed by atoms with Gasteiger partial charge in [-0.3, -0.25) is 0 Å². The molecule has 0 fully saturated rings. The van der Waals surface area contributed by atoms with E-state index in [1.165, 1.54) is 19.4 Å². The van der Waals surface area contributed by atoms with Crippen molar-refractivity contribution in [3.8, 4) is 5.75 Å². The number of aromatic nitrogens is 1. The van der Waals surface area contributed by atoms with E-state index in [1.807, 2.05) is 0 Å². The van der Waals surface area contributed by atoms with Crippen LogP contribution in [0, 0.1) is 5.82 Å². The minimum absolute atomic E-state index is 0.0999. The highest BCUT2D eigenvalue weighted by Crippen LogP contribution is 2.24. The molecule has 0 spiro atoms. The van der Waals surface area contributed by atoms with E-state index in [0.717, 1.165) is 17.7 Å². The van der Waals surface area contributed by atoms with Crippen molar-refractivity contribution in [2.45, 2.75) is 17.7 Å². The van der Waals surface area contributed by atoms with Crippen molar-refractivity contribution in [2.75, 3.05) is 13.7 Å². The fourth-order valence-electron chi connectivity index (χ4n) is 1.79. The Morgan fingerprint density at radius 2 is 2.24 bits per heavy atom. The van der Waals surface area contributed by atoms with Crippen LogP contribution in [0.25, 0.3) is 0 Å². The molecule has 0 radical (unpaired) electrons. The van der Waals surface area contributed by atoms with Crippen LogP contribution < -0.4 is 9.46 Å². The number of hydrogen-bond donors (Lipinski definition) is 1. The number of benzene rings is 1. The van der Waals surface area contributed by atoms with Gasteiger partial charge in [0.2, 0.25) is 10.0 Å². The van der Waals surface area contributed by atoms with E-state index in [2.05, 4.69) is 14.4 Å². The molecule has 1 heterocycles. The van der Waals surface area contributed by atoms with E-state index < -0.39 is 15.8 Å². The van der Waals surface area contributed by atoms with Gasteiger partial charge in [0.15, 0.2) is 0 Å². The summed E-state index contributed by atoms with van der Waals surface area (Å²) in [5.41, 5.74) is 0.887. The number of hydrogen-bond acceptors (Lipinski definition) is 5. The molecule has 0 atom stereocenters. The third-order valence-electron chi connectivity index (χ3n) is 2.83. The number of nitrogens with zero attached hydrogens (tertiary/aromatic N) is 1. The third-order valence-corrected chi connectivity index (χ3v) is 4.32. The van der Waals surface area contributed by atoms with Crippen LogP contribution in [0.2, 0.25) is 0 Å². The van der Waals surface area contributed by atoms with Crippen molar-refractivity contribution in [1.29, 1.82) is 0 Å². The molecule has 1 N–H and O–H groups in total. The topological polar surface area (TPSA) is 81.4 Å². The molecule has 114 valence electrons. The molecule has 1 aromatic heterocycles. The standard InChI is InChI=1S/C13H15FN2O4S/c1-19-12-5-4-11(14)7-13(12)21(17,18)16-6-2-3-10-8-15-20-9-10/h4-5,7-9,16H,2-3,6H2,1H3. The van der Waals surface area contributed by atoms with Crippen molar-refractivity contribution >= 4 is 10.0 Å². The first kappa shape index (κ1) is 15.5. The summed E-state index contributed by atoms with van der Waals surface area (Å²) in [5.74, 6) is -0.538. The Morgan fingerprint density at radius 1 is 1.43 bits per heavy atom. The molecule has 0 aliphatic carbocycles. The highest BCUT2D eigenvalue weighted by molar-refractivity contribution is 7.89. The SMILES string of the molecule is COc1ccc(F)cc1S(=O)(=O)NCCCc1cnoc1. The van der Waals surface area contributed by atoms with Gasteiger partial charge in [0, 0.05) is 12.1 Å². The van der Waals surface area contributed by atoms with E-state index >= 15 is 0 Å². The molecule has 0 aliphatic heterocycles. The molecule has 8 heteroatoms. The van der Waals surface area contributed by atoms with Gasteiger partial charge < -0.3 is 9.26 Å². The van der Waals surface area contributed by atoms with Crippen LogP contribution in [0.1, 0.15) is 12.0 Å². The van der Waals surface area contributed by atoms with Gasteiger partial charge in [-0.15, -0.1) is 0 Å². The predicted octanol–water partition coefficient (Wildman–Crippen LogP) is 1.73. The summed E-state index contributed by atoms with van der Waals surface area (Å²) in [6.45, 7) is 0.215. The fraction of sp³-hybridized carbons (Fsp3) is 0.308. The number of sulfonamides is 1. The summed E-state index contributed by atoms with van der Waals surface area (Å²) in [4.78, 5) is -0.213. The van der Waals surface area contributed by atoms with Crippen molar-refractivity contribution in [3.63, 3.8) is 0 Å². The molecule has 0 amide bonds. The maximum atomic E-state index is 13.2. The molecule has 6 nitrogen and oxygen atoms in total. The van der Waals surface area contributed by atoms with Crippen molar-refractivity contribution in [2.24, 2.45) is 0 Å². The van der Waals surface area contributed by atoms with Crippen LogP contribution in [0.3, 0.4) is 0 Å². The van der Waals surface area contributed by atoms with Gasteiger partial charge in [0.05, 0.1) is 13.3 Å². The zero-order valence-corrected chi connectivity index (χ0v) is 12.2. The molecule has 2 rings (SSSR count). The van der Waals surface area contributed by atoms with E-state index in [4.69, 9.17) is 4.74 Å². The maximum Gasteiger partial charge on any atom is 0.244 e. The zero-order valence-electron chi connectivity index (χ0n) is 11.4. The first-order valence-corrected chi connectivity index (χ1v) is 7.73. The second kappa shape index (κ2) is 6.68. The zero-order chi connectivity index (χ0) is 15.3. The van der Waals surface area contributed by atoms with Crippen molar-refractivity contribution in [1.82, 2.24) is 9.88 Å². The number of aryl methyl sites for hydroxylation is 1. The van der Waals surface area contributed by atoms with Gasteiger partial charge in [0.25, 0.3) is 0 Å². The summed E-state index contributed by atoms with van der Waals surface area (Å²) in [5, 5.41) is 3.56. The minimum atomic E-state index is -3.82. The lowest BCUT2D eigenvalue weighted by atomic mass is 10.2. The number of halogens is 1. The van der Waals surface area contributed by atoms with Gasteiger partial charge in [-0.1, -0.05) is 5.16 Å². The molecule has 0 unspecified atom stereocenters. The van der Waals surface area contributed by atoms with Gasteiger partial charge in [0.1, 0.15) is 22.7 Å². The highest BCUT2D eigenvalue weighted by Gasteiger charge is 2.19. The molecular weight excluding hydrogens is 299 g/mol. The average molecular weight is 314 g/mol. The highest BCUT2D eigenvalue weighted by atomic mass is 32.2. The summed E-state index contributed by atoms with van der Waals surface area (Å²) >= 11 is 0. The van der Waals surface area contributed by atoms with Gasteiger partial charge in [-0.05, 0) is 31.0 Å². The fourth-order valence-corrected chi connectivity index (χ4v) is 3.04. The normalized spacial score (nSPS) is 11.5. The summed E-state index contributed by atoms with van der Waals surface area (Å²) in [6, 6.07) is 3.35. The van der Waals surface area contributed by atoms with Crippen LogP contribution in [0.15, 0.2) is 40.1 Å². The Morgan fingerprint density at radius 3 is 2.90 bits per heavy atom. The quantitative estimate of drug-likeness (QED) is 0.787. The van der Waals surface area contributed by atoms with E-state index in [-0.39, 0.29) is 17.2 Å². The summed E-state index contributed by atoms with van der Waals surface area (Å²) in [7, 11) is -2.49. The largest absolute Gasteiger partial charge is 0.495 e. The lowest BCUT2D eigenvalue weighted by Gasteiger charge is -2.10. The Hall–Kier alpha value is -1.93. The maximum absolute atomic E-state index is 13.2. The van der Waals surface area contributed by atoms with Crippen LogP contribution in [-0.4, -0.2) is 27.2 Å². The predicted molar refractivity (Wildman–Crippen MR) is 73.0 cm³/mol. The van der Waals surface area contributed by atoms with Crippen LogP contribution in [0.5, 0.6) is 5.75 Å². The van der Waals surface area contributed by atoms with Crippen LogP contribution in [0.4, 0.5) is 4.39 Å². The molecular formula is C13H15FN2O4S. The molecule has 0 saturated carbocycles. The van der Waals surface area contributed by atoms with E-state index in [0.29, 0.717) is 12.8 Å².